The number of ketones is 1. The van der Waals surface area contributed by atoms with E-state index in [2.05, 4.69) is 24.8 Å². The Kier molecular flexibility index (Phi) is 9.47. The van der Waals surface area contributed by atoms with E-state index in [0.29, 0.717) is 19.3 Å². The molecule has 0 unspecified atom stereocenters. The highest BCUT2D eigenvalue weighted by molar-refractivity contribution is 6.07. The van der Waals surface area contributed by atoms with Crippen LogP contribution in [0.3, 0.4) is 0 Å². The van der Waals surface area contributed by atoms with Crippen molar-refractivity contribution < 1.29 is 14.7 Å². The van der Waals surface area contributed by atoms with E-state index in [1.807, 2.05) is 18.2 Å². The molecule has 0 saturated carbocycles. The first kappa shape index (κ1) is 19.0. The van der Waals surface area contributed by atoms with Crippen LogP contribution in [0.5, 0.6) is 0 Å². The number of allylic oxidation sites excluding steroid dienone is 6. The van der Waals surface area contributed by atoms with Crippen molar-refractivity contribution in [2.75, 3.05) is 0 Å². The number of aliphatic carboxylic acids is 1. The van der Waals surface area contributed by atoms with Gasteiger partial charge in [0.1, 0.15) is 0 Å². The first-order valence-corrected chi connectivity index (χ1v) is 8.42. The third kappa shape index (κ3) is 8.21. The molecule has 0 radical (unpaired) electrons. The highest BCUT2D eigenvalue weighted by Gasteiger charge is 2.21. The predicted octanol–water partition coefficient (Wildman–Crippen LogP) is 4.45. The first-order valence-electron chi connectivity index (χ1n) is 8.42. The summed E-state index contributed by atoms with van der Waals surface area (Å²) < 4.78 is 0. The van der Waals surface area contributed by atoms with Gasteiger partial charge in [-0.15, -0.1) is 11.8 Å². The summed E-state index contributed by atoms with van der Waals surface area (Å²) in [5, 5.41) is 8.55. The van der Waals surface area contributed by atoms with Crippen LogP contribution in [0, 0.1) is 17.8 Å². The molecule has 0 saturated heterocycles. The molecule has 23 heavy (non-hydrogen) atoms. The Balaban J connectivity index is 2.41. The Bertz CT molecular complexity index is 541. The first-order chi connectivity index (χ1) is 11.1. The number of unbranched alkanes of at least 4 members (excludes halogenated alkanes) is 4. The minimum Gasteiger partial charge on any atom is -0.481 e. The van der Waals surface area contributed by atoms with Crippen LogP contribution in [0.2, 0.25) is 0 Å². The molecule has 124 valence electrons. The number of carbonyl (C=O) groups excluding carboxylic acids is 1. The summed E-state index contributed by atoms with van der Waals surface area (Å²) in [5.41, 5.74) is 0.802. The van der Waals surface area contributed by atoms with Crippen molar-refractivity contribution in [3.8, 4) is 11.8 Å². The van der Waals surface area contributed by atoms with Crippen LogP contribution in [-0.4, -0.2) is 16.9 Å². The fourth-order valence-electron chi connectivity index (χ4n) is 2.35. The van der Waals surface area contributed by atoms with E-state index in [9.17, 15) is 9.59 Å². The minimum atomic E-state index is -0.785. The molecule has 0 heterocycles. The van der Waals surface area contributed by atoms with Gasteiger partial charge in [0.05, 0.1) is 0 Å². The number of carbonyl (C=O) groups is 2. The average molecular weight is 314 g/mol. The summed E-state index contributed by atoms with van der Waals surface area (Å²) in [4.78, 5) is 22.3. The lowest BCUT2D eigenvalue weighted by Crippen LogP contribution is -2.01. The van der Waals surface area contributed by atoms with Crippen LogP contribution in [0.25, 0.3) is 0 Å². The van der Waals surface area contributed by atoms with Gasteiger partial charge in [0, 0.05) is 30.8 Å². The van der Waals surface area contributed by atoms with E-state index in [1.165, 1.54) is 19.3 Å². The third-order valence-corrected chi connectivity index (χ3v) is 3.69. The molecular weight excluding hydrogens is 288 g/mol. The van der Waals surface area contributed by atoms with Crippen LogP contribution < -0.4 is 0 Å². The molecule has 1 aliphatic carbocycles. The van der Waals surface area contributed by atoms with Gasteiger partial charge in [-0.25, -0.2) is 0 Å². The number of carboxylic acids is 1. The highest BCUT2D eigenvalue weighted by Crippen LogP contribution is 2.24. The van der Waals surface area contributed by atoms with Gasteiger partial charge in [-0.05, 0) is 25.3 Å². The smallest absolute Gasteiger partial charge is 0.303 e. The monoisotopic (exact) mass is 314 g/mol. The van der Waals surface area contributed by atoms with Gasteiger partial charge in [-0.2, -0.15) is 0 Å². The largest absolute Gasteiger partial charge is 0.481 e. The lowest BCUT2D eigenvalue weighted by molar-refractivity contribution is -0.137. The van der Waals surface area contributed by atoms with Gasteiger partial charge in [0.2, 0.25) is 0 Å². The van der Waals surface area contributed by atoms with E-state index in [1.54, 1.807) is 6.08 Å². The van der Waals surface area contributed by atoms with Gasteiger partial charge < -0.3 is 5.11 Å². The average Bonchev–Trinajstić information content (AvgIpc) is 2.86. The van der Waals surface area contributed by atoms with Crippen LogP contribution in [0.4, 0.5) is 0 Å². The Morgan fingerprint density at radius 3 is 2.87 bits per heavy atom. The Hall–Kier alpha value is -2.08. The second kappa shape index (κ2) is 11.5. The molecule has 0 aromatic carbocycles. The Morgan fingerprint density at radius 1 is 1.30 bits per heavy atom. The molecule has 0 aromatic rings. The zero-order valence-electron chi connectivity index (χ0n) is 13.9. The normalized spacial score (nSPS) is 18.6. The summed E-state index contributed by atoms with van der Waals surface area (Å²) in [6, 6.07) is 0. The summed E-state index contributed by atoms with van der Waals surface area (Å²) in [6.07, 6.45) is 16.1. The van der Waals surface area contributed by atoms with Crippen LogP contribution >= 0.6 is 0 Å². The van der Waals surface area contributed by atoms with E-state index in [4.69, 9.17) is 5.11 Å². The number of rotatable bonds is 9. The molecule has 0 aliphatic heterocycles. The molecular formula is C20H26O3. The molecule has 1 atom stereocenters. The van der Waals surface area contributed by atoms with Crippen molar-refractivity contribution in [3.05, 3.63) is 36.0 Å². The molecule has 3 heteroatoms. The molecule has 3 nitrogen and oxygen atoms in total. The zero-order valence-corrected chi connectivity index (χ0v) is 13.9. The fraction of sp³-hybridized carbons (Fsp3) is 0.500. The maximum Gasteiger partial charge on any atom is 0.303 e. The van der Waals surface area contributed by atoms with Gasteiger partial charge in [0.15, 0.2) is 5.78 Å². The van der Waals surface area contributed by atoms with E-state index < -0.39 is 5.97 Å². The van der Waals surface area contributed by atoms with Crippen LogP contribution in [-0.2, 0) is 9.59 Å². The van der Waals surface area contributed by atoms with Gasteiger partial charge >= 0.3 is 5.97 Å². The summed E-state index contributed by atoms with van der Waals surface area (Å²) in [7, 11) is 0. The van der Waals surface area contributed by atoms with E-state index >= 15 is 0 Å². The lowest BCUT2D eigenvalue weighted by Gasteiger charge is -2.04. The number of hydrogen-bond donors (Lipinski definition) is 1. The van der Waals surface area contributed by atoms with Crippen molar-refractivity contribution in [2.45, 2.75) is 58.3 Å². The van der Waals surface area contributed by atoms with Crippen molar-refractivity contribution >= 4 is 11.8 Å². The maximum absolute atomic E-state index is 11.9. The molecule has 0 fully saturated rings. The topological polar surface area (TPSA) is 54.4 Å². The van der Waals surface area contributed by atoms with Crippen molar-refractivity contribution in [1.29, 1.82) is 0 Å². The molecule has 0 aromatic heterocycles. The van der Waals surface area contributed by atoms with E-state index in [0.717, 1.165) is 12.0 Å². The zero-order chi connectivity index (χ0) is 16.9. The van der Waals surface area contributed by atoms with Crippen LogP contribution in [0.1, 0.15) is 58.3 Å². The summed E-state index contributed by atoms with van der Waals surface area (Å²) >= 11 is 0. The highest BCUT2D eigenvalue weighted by atomic mass is 16.4. The number of carboxylic acid groups (broad SMARTS) is 1. The second-order valence-electron chi connectivity index (χ2n) is 5.68. The lowest BCUT2D eigenvalue weighted by atomic mass is 9.98. The third-order valence-electron chi connectivity index (χ3n) is 3.69. The Morgan fingerprint density at radius 2 is 2.13 bits per heavy atom. The van der Waals surface area contributed by atoms with Crippen molar-refractivity contribution in [1.82, 2.24) is 0 Å². The maximum atomic E-state index is 11.9. The molecule has 0 spiro atoms. The Labute approximate surface area is 139 Å². The predicted molar refractivity (Wildman–Crippen MR) is 92.9 cm³/mol. The van der Waals surface area contributed by atoms with Crippen molar-refractivity contribution in [3.63, 3.8) is 0 Å². The SMILES string of the molecule is CCCCC/C=C/C=C1/C(=O)C=C[C@@H]1CC#CCCCC(=O)O. The fourth-order valence-corrected chi connectivity index (χ4v) is 2.35. The second-order valence-corrected chi connectivity index (χ2v) is 5.68. The van der Waals surface area contributed by atoms with Crippen LogP contribution in [0.15, 0.2) is 36.0 Å². The molecule has 0 amide bonds. The quantitative estimate of drug-likeness (QED) is 0.388. The van der Waals surface area contributed by atoms with Gasteiger partial charge in [-0.3, -0.25) is 9.59 Å². The standard InChI is InChI=1S/C20H26O3/c1-2-3-4-5-6-10-13-18-17(15-16-19(18)21)12-9-7-8-11-14-20(22)23/h6,10,13,15-17H,2-5,8,11-12,14H2,1H3,(H,22,23)/b10-6+,18-13+/t17-/m0/s1. The minimum absolute atomic E-state index is 0.0646. The van der Waals surface area contributed by atoms with E-state index in [-0.39, 0.29) is 18.1 Å². The summed E-state index contributed by atoms with van der Waals surface area (Å²) in [5.74, 6) is 5.40. The molecule has 1 rings (SSSR count). The van der Waals surface area contributed by atoms with Crippen molar-refractivity contribution in [2.24, 2.45) is 5.92 Å². The number of hydrogen-bond acceptors (Lipinski definition) is 2. The molecule has 0 bridgehead atoms. The van der Waals surface area contributed by atoms with Gasteiger partial charge in [-0.1, -0.05) is 44.1 Å². The molecule has 1 N–H and O–H groups in total. The molecule has 1 aliphatic rings. The van der Waals surface area contributed by atoms with Gasteiger partial charge in [0.25, 0.3) is 0 Å². The summed E-state index contributed by atoms with van der Waals surface area (Å²) in [6.45, 7) is 2.18.